The van der Waals surface area contributed by atoms with Crippen LogP contribution in [0.15, 0.2) is 52.3 Å². The van der Waals surface area contributed by atoms with E-state index in [0.717, 1.165) is 38.1 Å². The van der Waals surface area contributed by atoms with E-state index < -0.39 is 30.1 Å². The number of hydrogen-bond donors (Lipinski definition) is 2. The zero-order chi connectivity index (χ0) is 27.2. The fourth-order valence-electron chi connectivity index (χ4n) is 7.22. The number of aromatic nitrogens is 1. The number of carbonyl (C=O) groups excluding carboxylic acids is 3. The Labute approximate surface area is 240 Å². The molecule has 39 heavy (non-hydrogen) atoms. The first kappa shape index (κ1) is 25.3. The van der Waals surface area contributed by atoms with Gasteiger partial charge in [0.15, 0.2) is 0 Å². The number of thioether (sulfide) groups is 1. The molecule has 1 aromatic heterocycles. The molecule has 0 spiro atoms. The second-order valence-corrected chi connectivity index (χ2v) is 13.4. The predicted molar refractivity (Wildman–Crippen MR) is 147 cm³/mol. The zero-order valence-corrected chi connectivity index (χ0v) is 23.2. The van der Waals surface area contributed by atoms with Crippen LogP contribution in [-0.4, -0.2) is 39.4 Å². The van der Waals surface area contributed by atoms with Gasteiger partial charge in [0, 0.05) is 21.7 Å². The first-order chi connectivity index (χ1) is 18.7. The summed E-state index contributed by atoms with van der Waals surface area (Å²) in [6.45, 7) is -0.395. The van der Waals surface area contributed by atoms with Crippen molar-refractivity contribution in [2.45, 2.75) is 22.6 Å². The minimum absolute atomic E-state index is 0.00112. The molecular weight excluding hydrogens is 584 g/mol. The van der Waals surface area contributed by atoms with Crippen molar-refractivity contribution in [1.29, 1.82) is 0 Å². The topological polar surface area (TPSA) is 99.3 Å². The van der Waals surface area contributed by atoms with Crippen molar-refractivity contribution >= 4 is 69.7 Å². The third kappa shape index (κ3) is 3.83. The molecule has 7 nitrogen and oxygen atoms in total. The van der Waals surface area contributed by atoms with E-state index >= 15 is 0 Å². The van der Waals surface area contributed by atoms with Crippen LogP contribution in [0.4, 0.5) is 10.1 Å². The van der Waals surface area contributed by atoms with E-state index in [1.165, 1.54) is 24.3 Å². The minimum Gasteiger partial charge on any atom is -0.325 e. The van der Waals surface area contributed by atoms with Crippen molar-refractivity contribution in [3.05, 3.63) is 78.4 Å². The van der Waals surface area contributed by atoms with Gasteiger partial charge in [-0.1, -0.05) is 46.7 Å². The fraction of sp³-hybridized carbons (Fsp3) is 0.333. The Morgan fingerprint density at radius 1 is 1.05 bits per heavy atom. The van der Waals surface area contributed by atoms with Crippen molar-refractivity contribution in [1.82, 2.24) is 9.88 Å². The number of nitrogens with one attached hydrogen (secondary N) is 2. The summed E-state index contributed by atoms with van der Waals surface area (Å²) in [6.07, 6.45) is 0.721. The van der Waals surface area contributed by atoms with Crippen molar-refractivity contribution in [3.63, 3.8) is 0 Å². The molecule has 2 aliphatic heterocycles. The third-order valence-corrected chi connectivity index (χ3v) is 12.0. The highest BCUT2D eigenvalue weighted by Gasteiger charge is 2.69. The normalized spacial score (nSPS) is 30.3. The molecule has 2 aliphatic carbocycles. The average molecular weight is 605 g/mol. The molecule has 6 unspecified atom stereocenters. The number of aromatic amines is 1. The minimum atomic E-state index is -0.527. The lowest BCUT2D eigenvalue weighted by molar-refractivity contribution is -0.143. The molecule has 3 fully saturated rings. The Hall–Kier alpha value is -2.66. The number of imide groups is 1. The first-order valence-electron chi connectivity index (χ1n) is 12.5. The average Bonchev–Trinajstić information content (AvgIpc) is 3.63. The van der Waals surface area contributed by atoms with Gasteiger partial charge >= 0.3 is 4.87 Å². The highest BCUT2D eigenvalue weighted by molar-refractivity contribution is 8.00. The van der Waals surface area contributed by atoms with Gasteiger partial charge in [0.1, 0.15) is 12.4 Å². The van der Waals surface area contributed by atoms with Gasteiger partial charge in [-0.05, 0) is 60.1 Å². The second-order valence-electron chi connectivity index (χ2n) is 10.4. The van der Waals surface area contributed by atoms with Crippen molar-refractivity contribution in [3.8, 4) is 0 Å². The lowest BCUT2D eigenvalue weighted by atomic mass is 9.68. The summed E-state index contributed by atoms with van der Waals surface area (Å²) in [5, 5.41) is 4.25. The van der Waals surface area contributed by atoms with Crippen LogP contribution in [0.1, 0.15) is 22.8 Å². The number of amides is 3. The number of H-pyrrole nitrogens is 1. The highest BCUT2D eigenvalue weighted by Crippen LogP contribution is 2.68. The van der Waals surface area contributed by atoms with E-state index in [-0.39, 0.29) is 45.6 Å². The number of fused-ring (bicyclic) bond motifs is 9. The molecule has 200 valence electrons. The molecule has 1 saturated heterocycles. The lowest BCUT2D eigenvalue weighted by Crippen LogP contribution is -2.42. The van der Waals surface area contributed by atoms with E-state index in [2.05, 4.69) is 10.3 Å². The van der Waals surface area contributed by atoms with E-state index in [4.69, 9.17) is 23.2 Å². The number of likely N-dealkylation sites (tertiary alicyclic amines) is 1. The van der Waals surface area contributed by atoms with Crippen LogP contribution in [0.5, 0.6) is 0 Å². The largest absolute Gasteiger partial charge is 0.325 e. The Morgan fingerprint density at radius 2 is 1.77 bits per heavy atom. The van der Waals surface area contributed by atoms with E-state index in [1.807, 2.05) is 12.1 Å². The van der Waals surface area contributed by atoms with Gasteiger partial charge in [-0.25, -0.2) is 4.39 Å². The molecule has 3 heterocycles. The number of benzene rings is 2. The Kier molecular flexibility index (Phi) is 5.97. The maximum absolute atomic E-state index is 13.7. The highest BCUT2D eigenvalue weighted by atomic mass is 35.5. The number of rotatable bonds is 4. The van der Waals surface area contributed by atoms with Gasteiger partial charge in [-0.2, -0.15) is 0 Å². The summed E-state index contributed by atoms with van der Waals surface area (Å²) in [5.74, 6) is -3.10. The van der Waals surface area contributed by atoms with Gasteiger partial charge in [0.25, 0.3) is 0 Å². The van der Waals surface area contributed by atoms with Crippen LogP contribution in [0.2, 0.25) is 10.0 Å². The van der Waals surface area contributed by atoms with Gasteiger partial charge in [-0.3, -0.25) is 24.1 Å². The fourth-order valence-corrected chi connectivity index (χ4v) is 10.5. The van der Waals surface area contributed by atoms with Crippen LogP contribution in [0.25, 0.3) is 0 Å². The smallest absolute Gasteiger partial charge is 0.305 e. The maximum Gasteiger partial charge on any atom is 0.305 e. The molecule has 2 aromatic carbocycles. The molecular formula is C27H20Cl2FN3O4S2. The second kappa shape index (κ2) is 9.19. The number of carbonyl (C=O) groups is 3. The maximum atomic E-state index is 13.7. The Balaban J connectivity index is 1.21. The molecule has 7 rings (SSSR count). The van der Waals surface area contributed by atoms with Crippen LogP contribution in [0.3, 0.4) is 0 Å². The van der Waals surface area contributed by atoms with E-state index in [9.17, 15) is 23.6 Å². The quantitative estimate of drug-likeness (QED) is 0.409. The summed E-state index contributed by atoms with van der Waals surface area (Å²) in [5.41, 5.74) is 1.19. The Bertz CT molecular complexity index is 1610. The van der Waals surface area contributed by atoms with Crippen molar-refractivity contribution in [2.75, 3.05) is 11.9 Å². The van der Waals surface area contributed by atoms with E-state index in [0.29, 0.717) is 15.7 Å². The number of anilines is 1. The predicted octanol–water partition coefficient (Wildman–Crippen LogP) is 4.99. The summed E-state index contributed by atoms with van der Waals surface area (Å²) < 4.78 is 13.2. The molecule has 3 aromatic rings. The van der Waals surface area contributed by atoms with Gasteiger partial charge in [-0.15, -0.1) is 11.8 Å². The molecule has 2 bridgehead atoms. The molecule has 0 radical (unpaired) electrons. The molecule has 12 heteroatoms. The third-order valence-electron chi connectivity index (χ3n) is 8.56. The molecule has 4 aliphatic rings. The van der Waals surface area contributed by atoms with E-state index in [1.54, 1.807) is 17.8 Å². The number of thiazole rings is 1. The van der Waals surface area contributed by atoms with Gasteiger partial charge in [0.2, 0.25) is 17.7 Å². The number of nitrogens with zero attached hydrogens (tertiary/aromatic N) is 1. The van der Waals surface area contributed by atoms with Crippen LogP contribution < -0.4 is 10.2 Å². The molecule has 3 amide bonds. The summed E-state index contributed by atoms with van der Waals surface area (Å²) >= 11 is 15.8. The van der Waals surface area contributed by atoms with Crippen molar-refractivity contribution < 1.29 is 18.8 Å². The molecule has 7 atom stereocenters. The lowest BCUT2D eigenvalue weighted by Gasteiger charge is -2.43. The summed E-state index contributed by atoms with van der Waals surface area (Å²) in [6, 6.07) is 10.7. The zero-order valence-electron chi connectivity index (χ0n) is 20.0. The summed E-state index contributed by atoms with van der Waals surface area (Å²) in [4.78, 5) is 57.1. The Morgan fingerprint density at radius 3 is 2.51 bits per heavy atom. The standard InChI is InChI=1S/C27H20Cl2FN3O4S2/c28-15-3-1-2-12(21(15)29)17-18-13-8-14(22(18)38-24-23(17)39-27(37)32-24)20-19(13)25(35)33(26(20)36)9-16(34)31-11-6-4-10(30)5-7-11/h1-7,13-14,17-20,22H,8-9H2,(H,31,34)(H,32,37)/t13?,14?,17-,18?,19?,20?,22?/m1/s1. The van der Waals surface area contributed by atoms with Crippen LogP contribution in [0, 0.1) is 35.4 Å². The molecule has 2 saturated carbocycles. The van der Waals surface area contributed by atoms with Gasteiger partial charge in [0.05, 0.1) is 26.9 Å². The monoisotopic (exact) mass is 603 g/mol. The first-order valence-corrected chi connectivity index (χ1v) is 14.9. The summed E-state index contributed by atoms with van der Waals surface area (Å²) in [7, 11) is 0. The molecule has 2 N–H and O–H groups in total. The van der Waals surface area contributed by atoms with Crippen LogP contribution in [-0.2, 0) is 14.4 Å². The SMILES string of the molecule is O=C(CN1C(=O)C2C3CC(C2C1=O)C1C3Sc2[nH]c(=O)sc2[C@@H]1c1cccc(Cl)c1Cl)Nc1ccc(F)cc1. The number of hydrogen-bond acceptors (Lipinski definition) is 6. The van der Waals surface area contributed by atoms with Crippen LogP contribution >= 0.6 is 46.3 Å². The number of halogens is 3. The van der Waals surface area contributed by atoms with Crippen molar-refractivity contribution in [2.24, 2.45) is 29.6 Å². The van der Waals surface area contributed by atoms with Gasteiger partial charge < -0.3 is 10.3 Å².